The summed E-state index contributed by atoms with van der Waals surface area (Å²) in [6.45, 7) is 4.32. The Labute approximate surface area is 483 Å². The molecule has 0 spiro atoms. The number of ether oxygens (including phenoxy) is 2. The van der Waals surface area contributed by atoms with Gasteiger partial charge in [0.15, 0.2) is 6.10 Å². The molecule has 0 aromatic rings. The molecule has 0 aliphatic heterocycles. The van der Waals surface area contributed by atoms with Crippen LogP contribution < -0.4 is 0 Å². The van der Waals surface area contributed by atoms with Crippen LogP contribution >= 0.6 is 7.82 Å². The van der Waals surface area contributed by atoms with Crippen molar-refractivity contribution in [3.8, 4) is 0 Å². The summed E-state index contributed by atoms with van der Waals surface area (Å²) in [7, 11) is 1.47. The molecule has 0 fully saturated rings. The first-order chi connectivity index (χ1) is 38.0. The molecule has 0 heterocycles. The van der Waals surface area contributed by atoms with Crippen LogP contribution in [0.25, 0.3) is 0 Å². The van der Waals surface area contributed by atoms with E-state index < -0.39 is 26.5 Å². The largest absolute Gasteiger partial charge is 0.472 e. The molecule has 0 rings (SSSR count). The molecule has 10 heteroatoms. The van der Waals surface area contributed by atoms with Crippen molar-refractivity contribution >= 4 is 19.8 Å². The average molecular weight is 1120 g/mol. The number of carbonyl (C=O) groups excluding carboxylic acids is 2. The van der Waals surface area contributed by atoms with Crippen molar-refractivity contribution in [1.29, 1.82) is 0 Å². The molecule has 0 aromatic heterocycles. The number of phosphoric ester groups is 1. The van der Waals surface area contributed by atoms with Crippen LogP contribution in [-0.2, 0) is 32.7 Å². The summed E-state index contributed by atoms with van der Waals surface area (Å²) in [6, 6.07) is 0. The molecule has 0 bridgehead atoms. The number of phosphoric acid groups is 1. The lowest BCUT2D eigenvalue weighted by molar-refractivity contribution is -0.870. The van der Waals surface area contributed by atoms with E-state index in [4.69, 9.17) is 18.5 Å². The molecule has 78 heavy (non-hydrogen) atoms. The van der Waals surface area contributed by atoms with Crippen molar-refractivity contribution in [2.75, 3.05) is 47.5 Å². The lowest BCUT2D eigenvalue weighted by Crippen LogP contribution is -2.37. The Morgan fingerprint density at radius 3 is 1.09 bits per heavy atom. The number of esters is 2. The highest BCUT2D eigenvalue weighted by molar-refractivity contribution is 7.47. The van der Waals surface area contributed by atoms with Gasteiger partial charge in [0, 0.05) is 12.8 Å². The molecule has 0 aromatic carbocycles. The molecule has 9 nitrogen and oxygen atoms in total. The number of hydrogen-bond acceptors (Lipinski definition) is 7. The molecular weight excluding hydrogens is 990 g/mol. The zero-order valence-corrected chi connectivity index (χ0v) is 52.8. The van der Waals surface area contributed by atoms with Crippen LogP contribution in [-0.4, -0.2) is 74.9 Å². The number of rotatable bonds is 61. The van der Waals surface area contributed by atoms with E-state index in [0.29, 0.717) is 17.4 Å². The van der Waals surface area contributed by atoms with Gasteiger partial charge in [-0.05, 0) is 77.0 Å². The van der Waals surface area contributed by atoms with Crippen LogP contribution in [0.5, 0.6) is 0 Å². The lowest BCUT2D eigenvalue weighted by atomic mass is 10.0. The second-order valence-corrected chi connectivity index (χ2v) is 24.9. The summed E-state index contributed by atoms with van der Waals surface area (Å²) in [6.07, 6.45) is 77.8. The third-order valence-electron chi connectivity index (χ3n) is 14.5. The summed E-state index contributed by atoms with van der Waals surface area (Å²) in [4.78, 5) is 35.7. The minimum Gasteiger partial charge on any atom is -0.462 e. The van der Waals surface area contributed by atoms with E-state index in [-0.39, 0.29) is 32.0 Å². The summed E-state index contributed by atoms with van der Waals surface area (Å²) in [5.41, 5.74) is 0. The topological polar surface area (TPSA) is 108 Å². The maximum Gasteiger partial charge on any atom is 0.472 e. The highest BCUT2D eigenvalue weighted by atomic mass is 31.2. The van der Waals surface area contributed by atoms with Gasteiger partial charge in [-0.2, -0.15) is 0 Å². The minimum absolute atomic E-state index is 0.0279. The zero-order valence-electron chi connectivity index (χ0n) is 51.9. The van der Waals surface area contributed by atoms with Crippen LogP contribution in [0.3, 0.4) is 0 Å². The van der Waals surface area contributed by atoms with Crippen LogP contribution in [0.2, 0.25) is 0 Å². The zero-order chi connectivity index (χ0) is 57.0. The SMILES string of the molecule is CC/C=C\C/C=C\C/C=C\CCCCCCCC(=O)OC(COC(=O)CCCCCCCCCCCCCCCCCCCCCCCCCCCCC/C=C\C/C=C\CCCCCCC)COP(=O)(O)OCC[N+](C)(C)C. The molecule has 1 N–H and O–H groups in total. The van der Waals surface area contributed by atoms with E-state index in [1.54, 1.807) is 0 Å². The van der Waals surface area contributed by atoms with Gasteiger partial charge < -0.3 is 18.9 Å². The van der Waals surface area contributed by atoms with Gasteiger partial charge in [-0.15, -0.1) is 0 Å². The number of nitrogens with zero attached hydrogens (tertiary/aromatic N) is 1. The first-order valence-corrected chi connectivity index (χ1v) is 34.5. The monoisotopic (exact) mass is 1120 g/mol. The van der Waals surface area contributed by atoms with Gasteiger partial charge in [-0.1, -0.05) is 280 Å². The maximum absolute atomic E-state index is 12.8. The molecule has 0 saturated carbocycles. The van der Waals surface area contributed by atoms with Gasteiger partial charge in [-0.3, -0.25) is 18.6 Å². The summed E-state index contributed by atoms with van der Waals surface area (Å²) < 4.78 is 34.6. The molecule has 2 unspecified atom stereocenters. The summed E-state index contributed by atoms with van der Waals surface area (Å²) >= 11 is 0. The predicted molar refractivity (Wildman–Crippen MR) is 335 cm³/mol. The van der Waals surface area contributed by atoms with E-state index in [0.717, 1.165) is 77.0 Å². The summed E-state index contributed by atoms with van der Waals surface area (Å²) in [5, 5.41) is 0. The van der Waals surface area contributed by atoms with Crippen molar-refractivity contribution < 1.29 is 42.1 Å². The second kappa shape index (κ2) is 59.3. The highest BCUT2D eigenvalue weighted by Crippen LogP contribution is 2.43. The van der Waals surface area contributed by atoms with E-state index in [2.05, 4.69) is 74.6 Å². The van der Waals surface area contributed by atoms with Gasteiger partial charge in [0.1, 0.15) is 19.8 Å². The van der Waals surface area contributed by atoms with Crippen LogP contribution in [0.4, 0.5) is 0 Å². The molecule has 0 aliphatic carbocycles. The molecule has 0 amide bonds. The van der Waals surface area contributed by atoms with E-state index in [9.17, 15) is 19.0 Å². The van der Waals surface area contributed by atoms with E-state index >= 15 is 0 Å². The van der Waals surface area contributed by atoms with E-state index in [1.807, 2.05) is 21.1 Å². The maximum atomic E-state index is 12.8. The third kappa shape index (κ3) is 62.9. The lowest BCUT2D eigenvalue weighted by Gasteiger charge is -2.24. The van der Waals surface area contributed by atoms with Gasteiger partial charge in [-0.25, -0.2) is 4.57 Å². The standard InChI is InChI=1S/C68H126NO8P/c1-6-8-10-12-14-16-18-20-22-23-24-25-26-27-28-29-30-31-32-33-34-35-36-37-38-39-40-41-42-43-44-45-47-48-50-52-54-56-58-60-67(70)74-64-66(65-76-78(72,73)75-63-62-69(3,4)5)77-68(71)61-59-57-55-53-51-49-46-21-19-17-15-13-11-9-7-2/h9,11,15,17-18,20-21,23-24,46,66H,6-8,10,12-14,16,19,22,25-45,47-65H2,1-5H3/p+1/b11-9-,17-15-,20-18-,24-23-,46-21-. The van der Waals surface area contributed by atoms with Gasteiger partial charge >= 0.3 is 19.8 Å². The summed E-state index contributed by atoms with van der Waals surface area (Å²) in [5.74, 6) is -0.807. The number of likely N-dealkylation sites (N-methyl/N-ethyl adjacent to an activating group) is 1. The van der Waals surface area contributed by atoms with Crippen LogP contribution in [0.1, 0.15) is 309 Å². The molecule has 0 radical (unpaired) electrons. The predicted octanol–water partition coefficient (Wildman–Crippen LogP) is 21.0. The smallest absolute Gasteiger partial charge is 0.462 e. The first-order valence-electron chi connectivity index (χ1n) is 33.0. The van der Waals surface area contributed by atoms with Crippen molar-refractivity contribution in [2.24, 2.45) is 0 Å². The molecular formula is C68H127NO8P+. The highest BCUT2D eigenvalue weighted by Gasteiger charge is 2.27. The minimum atomic E-state index is -4.39. The van der Waals surface area contributed by atoms with Crippen LogP contribution in [0, 0.1) is 0 Å². The molecule has 0 aliphatic rings. The van der Waals surface area contributed by atoms with Crippen LogP contribution in [0.15, 0.2) is 60.8 Å². The fraction of sp³-hybridized carbons (Fsp3) is 0.824. The van der Waals surface area contributed by atoms with Gasteiger partial charge in [0.25, 0.3) is 0 Å². The fourth-order valence-corrected chi connectivity index (χ4v) is 10.2. The Kier molecular flexibility index (Phi) is 57.6. The first kappa shape index (κ1) is 75.7. The fourth-order valence-electron chi connectivity index (χ4n) is 9.48. The Balaban J connectivity index is 3.87. The number of carbonyl (C=O) groups is 2. The van der Waals surface area contributed by atoms with E-state index in [1.165, 1.54) is 199 Å². The Hall–Kier alpha value is -2.29. The Morgan fingerprint density at radius 1 is 0.410 bits per heavy atom. The number of allylic oxidation sites excluding steroid dienone is 10. The van der Waals surface area contributed by atoms with Crippen molar-refractivity contribution in [3.63, 3.8) is 0 Å². The number of quaternary nitrogens is 1. The molecule has 456 valence electrons. The number of unbranched alkanes of at least 4 members (excludes halogenated alkanes) is 37. The Bertz CT molecular complexity index is 1500. The van der Waals surface area contributed by atoms with Crippen molar-refractivity contribution in [3.05, 3.63) is 60.8 Å². The van der Waals surface area contributed by atoms with Gasteiger partial charge in [0.2, 0.25) is 0 Å². The van der Waals surface area contributed by atoms with Crippen molar-refractivity contribution in [2.45, 2.75) is 315 Å². The normalized spacial score (nSPS) is 13.6. The van der Waals surface area contributed by atoms with Gasteiger partial charge in [0.05, 0.1) is 27.7 Å². The third-order valence-corrected chi connectivity index (χ3v) is 15.5. The van der Waals surface area contributed by atoms with Crippen molar-refractivity contribution in [1.82, 2.24) is 0 Å². The average Bonchev–Trinajstić information content (AvgIpc) is 3.41. The molecule has 2 atom stereocenters. The number of hydrogen-bond donors (Lipinski definition) is 1. The second-order valence-electron chi connectivity index (χ2n) is 23.5. The molecule has 0 saturated heterocycles. The Morgan fingerprint density at radius 2 is 0.731 bits per heavy atom. The quantitative estimate of drug-likeness (QED) is 0.0211.